The van der Waals surface area contributed by atoms with Crippen molar-refractivity contribution in [2.45, 2.75) is 14.7 Å². The van der Waals surface area contributed by atoms with E-state index in [1.807, 2.05) is 12.1 Å². The minimum Gasteiger partial charge on any atom is -0.398 e. The molecule has 4 nitrogen and oxygen atoms in total. The van der Waals surface area contributed by atoms with Crippen molar-refractivity contribution in [3.8, 4) is 0 Å². The molecule has 2 rings (SSSR count). The number of benzene rings is 2. The Labute approximate surface area is 127 Å². The molecule has 20 heavy (non-hydrogen) atoms. The summed E-state index contributed by atoms with van der Waals surface area (Å²) in [5.41, 5.74) is 6.42. The molecule has 0 radical (unpaired) electrons. The summed E-state index contributed by atoms with van der Waals surface area (Å²) in [6, 6.07) is 11.9. The first kappa shape index (κ1) is 15.2. The van der Waals surface area contributed by atoms with Gasteiger partial charge in [0.1, 0.15) is 0 Å². The van der Waals surface area contributed by atoms with E-state index in [1.54, 1.807) is 24.3 Å². The summed E-state index contributed by atoms with van der Waals surface area (Å²) >= 11 is 7.22. The number of anilines is 1. The molecule has 0 bridgehead atoms. The molecule has 0 saturated heterocycles. The Morgan fingerprint density at radius 3 is 2.40 bits per heavy atom. The van der Waals surface area contributed by atoms with Gasteiger partial charge in [-0.25, -0.2) is 13.1 Å². The van der Waals surface area contributed by atoms with Gasteiger partial charge in [0.2, 0.25) is 10.0 Å². The third kappa shape index (κ3) is 3.46. The van der Waals surface area contributed by atoms with Crippen molar-refractivity contribution in [2.24, 2.45) is 0 Å². The molecule has 0 saturated carbocycles. The monoisotopic (exact) mass is 328 g/mol. The van der Waals surface area contributed by atoms with E-state index < -0.39 is 10.0 Å². The van der Waals surface area contributed by atoms with E-state index in [-0.39, 0.29) is 4.90 Å². The van der Waals surface area contributed by atoms with E-state index in [1.165, 1.54) is 24.9 Å². The van der Waals surface area contributed by atoms with Crippen molar-refractivity contribution in [2.75, 3.05) is 12.8 Å². The van der Waals surface area contributed by atoms with Crippen LogP contribution in [0.25, 0.3) is 0 Å². The van der Waals surface area contributed by atoms with Crippen LogP contribution < -0.4 is 10.5 Å². The predicted octanol–water partition coefficient (Wildman–Crippen LogP) is 2.98. The Morgan fingerprint density at radius 1 is 1.15 bits per heavy atom. The SMILES string of the molecule is CNS(=O)(=O)c1ccc(N)c(Sc2ccc(Cl)cc2)c1. The molecule has 0 aliphatic rings. The number of nitrogens with two attached hydrogens (primary N) is 1. The molecule has 0 spiro atoms. The van der Waals surface area contributed by atoms with Crippen molar-refractivity contribution >= 4 is 39.1 Å². The summed E-state index contributed by atoms with van der Waals surface area (Å²) in [5.74, 6) is 0. The molecule has 0 aliphatic carbocycles. The summed E-state index contributed by atoms with van der Waals surface area (Å²) in [5, 5.41) is 0.647. The smallest absolute Gasteiger partial charge is 0.240 e. The Balaban J connectivity index is 2.36. The van der Waals surface area contributed by atoms with E-state index in [4.69, 9.17) is 17.3 Å². The predicted molar refractivity (Wildman–Crippen MR) is 82.7 cm³/mol. The standard InChI is InChI=1S/C13H13ClN2O2S2/c1-16-20(17,18)11-6-7-12(15)13(8-11)19-10-4-2-9(14)3-5-10/h2-8,16H,15H2,1H3. The van der Waals surface area contributed by atoms with Crippen LogP contribution in [0.2, 0.25) is 5.02 Å². The normalized spacial score (nSPS) is 11.5. The number of rotatable bonds is 4. The molecule has 2 aromatic carbocycles. The fourth-order valence-corrected chi connectivity index (χ4v) is 3.37. The van der Waals surface area contributed by atoms with Gasteiger partial charge in [0, 0.05) is 20.5 Å². The molecule has 0 amide bonds. The van der Waals surface area contributed by atoms with Gasteiger partial charge in [0.15, 0.2) is 0 Å². The zero-order valence-corrected chi connectivity index (χ0v) is 13.0. The van der Waals surface area contributed by atoms with Crippen molar-refractivity contribution in [3.63, 3.8) is 0 Å². The van der Waals surface area contributed by atoms with Crippen LogP contribution >= 0.6 is 23.4 Å². The molecule has 2 aromatic rings. The van der Waals surface area contributed by atoms with Gasteiger partial charge in [-0.1, -0.05) is 23.4 Å². The van der Waals surface area contributed by atoms with Gasteiger partial charge in [0.25, 0.3) is 0 Å². The first-order valence-electron chi connectivity index (χ1n) is 5.69. The second-order valence-corrected chi connectivity index (χ2v) is 7.40. The lowest BCUT2D eigenvalue weighted by Gasteiger charge is -2.09. The van der Waals surface area contributed by atoms with E-state index >= 15 is 0 Å². The highest BCUT2D eigenvalue weighted by molar-refractivity contribution is 7.99. The van der Waals surface area contributed by atoms with Crippen molar-refractivity contribution in [1.82, 2.24) is 4.72 Å². The molecule has 0 unspecified atom stereocenters. The maximum Gasteiger partial charge on any atom is 0.240 e. The number of sulfonamides is 1. The van der Waals surface area contributed by atoms with Crippen LogP contribution in [0.4, 0.5) is 5.69 Å². The molecule has 0 heterocycles. The average molecular weight is 329 g/mol. The van der Waals surface area contributed by atoms with E-state index in [0.29, 0.717) is 15.6 Å². The summed E-state index contributed by atoms with van der Waals surface area (Å²) in [6.07, 6.45) is 0. The van der Waals surface area contributed by atoms with Gasteiger partial charge < -0.3 is 5.73 Å². The van der Waals surface area contributed by atoms with E-state index in [9.17, 15) is 8.42 Å². The molecule has 0 atom stereocenters. The maximum absolute atomic E-state index is 11.8. The van der Waals surface area contributed by atoms with Gasteiger partial charge >= 0.3 is 0 Å². The fourth-order valence-electron chi connectivity index (χ4n) is 1.52. The topological polar surface area (TPSA) is 72.2 Å². The highest BCUT2D eigenvalue weighted by atomic mass is 35.5. The van der Waals surface area contributed by atoms with E-state index in [2.05, 4.69) is 4.72 Å². The second kappa shape index (κ2) is 6.05. The minimum absolute atomic E-state index is 0.186. The number of nitrogen functional groups attached to an aromatic ring is 1. The van der Waals surface area contributed by atoms with E-state index in [0.717, 1.165) is 4.90 Å². The Kier molecular flexibility index (Phi) is 4.59. The van der Waals surface area contributed by atoms with Gasteiger partial charge in [-0.05, 0) is 49.5 Å². The maximum atomic E-state index is 11.8. The van der Waals surface area contributed by atoms with Gasteiger partial charge in [-0.3, -0.25) is 0 Å². The van der Waals surface area contributed by atoms with Crippen molar-refractivity contribution in [3.05, 3.63) is 47.5 Å². The summed E-state index contributed by atoms with van der Waals surface area (Å²) < 4.78 is 25.8. The molecule has 106 valence electrons. The molecular weight excluding hydrogens is 316 g/mol. The lowest BCUT2D eigenvalue weighted by molar-refractivity contribution is 0.588. The van der Waals surface area contributed by atoms with Crippen LogP contribution in [0, 0.1) is 0 Å². The molecule has 7 heteroatoms. The van der Waals surface area contributed by atoms with Crippen molar-refractivity contribution in [1.29, 1.82) is 0 Å². The highest BCUT2D eigenvalue weighted by Crippen LogP contribution is 2.34. The molecule has 0 aromatic heterocycles. The fraction of sp³-hybridized carbons (Fsp3) is 0.0769. The largest absolute Gasteiger partial charge is 0.398 e. The van der Waals surface area contributed by atoms with Gasteiger partial charge in [0.05, 0.1) is 4.90 Å². The lowest BCUT2D eigenvalue weighted by atomic mass is 10.3. The third-order valence-electron chi connectivity index (χ3n) is 2.61. The summed E-state index contributed by atoms with van der Waals surface area (Å²) in [7, 11) is -2.10. The number of hydrogen-bond acceptors (Lipinski definition) is 4. The molecule has 0 fully saturated rings. The average Bonchev–Trinajstić information content (AvgIpc) is 2.43. The summed E-state index contributed by atoms with van der Waals surface area (Å²) in [6.45, 7) is 0. The van der Waals surface area contributed by atoms with Crippen LogP contribution in [0.15, 0.2) is 57.2 Å². The number of halogens is 1. The van der Waals surface area contributed by atoms with Crippen LogP contribution in [0.5, 0.6) is 0 Å². The van der Waals surface area contributed by atoms with Crippen molar-refractivity contribution < 1.29 is 8.42 Å². The molecule has 3 N–H and O–H groups in total. The van der Waals surface area contributed by atoms with Crippen LogP contribution in [-0.4, -0.2) is 15.5 Å². The zero-order valence-electron chi connectivity index (χ0n) is 10.6. The Bertz CT molecular complexity index is 716. The number of nitrogens with one attached hydrogen (secondary N) is 1. The zero-order chi connectivity index (χ0) is 14.8. The second-order valence-electron chi connectivity index (χ2n) is 3.96. The molecule has 0 aliphatic heterocycles. The Morgan fingerprint density at radius 2 is 1.80 bits per heavy atom. The third-order valence-corrected chi connectivity index (χ3v) is 5.35. The highest BCUT2D eigenvalue weighted by Gasteiger charge is 2.13. The van der Waals surface area contributed by atoms with Gasteiger partial charge in [-0.2, -0.15) is 0 Å². The van der Waals surface area contributed by atoms with Gasteiger partial charge in [-0.15, -0.1) is 0 Å². The number of hydrogen-bond donors (Lipinski definition) is 2. The van der Waals surface area contributed by atoms with Crippen LogP contribution in [0.1, 0.15) is 0 Å². The summed E-state index contributed by atoms with van der Waals surface area (Å²) in [4.78, 5) is 1.80. The van der Waals surface area contributed by atoms with Crippen LogP contribution in [0.3, 0.4) is 0 Å². The Hall–Kier alpha value is -1.21. The minimum atomic E-state index is -3.48. The molecular formula is C13H13ClN2O2S2. The quantitative estimate of drug-likeness (QED) is 0.846. The lowest BCUT2D eigenvalue weighted by Crippen LogP contribution is -2.18. The first-order valence-corrected chi connectivity index (χ1v) is 8.36. The first-order chi connectivity index (χ1) is 9.42. The van der Waals surface area contributed by atoms with Crippen LogP contribution in [-0.2, 0) is 10.0 Å².